The van der Waals surface area contributed by atoms with Crippen LogP contribution in [0.3, 0.4) is 0 Å². The summed E-state index contributed by atoms with van der Waals surface area (Å²) in [5.41, 5.74) is 1.98. The molecule has 4 heterocycles. The molecule has 0 saturated carbocycles. The highest BCUT2D eigenvalue weighted by Crippen LogP contribution is 2.38. The molecular formula is C27H25FN7O4S+. The Labute approximate surface area is 232 Å². The van der Waals surface area contributed by atoms with Gasteiger partial charge in [-0.25, -0.2) is 9.37 Å². The first-order chi connectivity index (χ1) is 19.5. The number of aromatic amines is 2. The van der Waals surface area contributed by atoms with Crippen molar-refractivity contribution in [2.24, 2.45) is 5.18 Å². The summed E-state index contributed by atoms with van der Waals surface area (Å²) in [6, 6.07) is 13.5. The Balaban J connectivity index is 1.34. The van der Waals surface area contributed by atoms with E-state index in [0.29, 0.717) is 81.9 Å². The fourth-order valence-corrected chi connectivity index (χ4v) is 5.28. The van der Waals surface area contributed by atoms with E-state index in [1.807, 2.05) is 19.1 Å². The van der Waals surface area contributed by atoms with Crippen LogP contribution in [-0.2, 0) is 4.74 Å². The van der Waals surface area contributed by atoms with E-state index in [9.17, 15) is 4.91 Å². The summed E-state index contributed by atoms with van der Waals surface area (Å²) >= 11 is 1.15. The molecule has 1 aliphatic heterocycles. The molecule has 0 spiro atoms. The van der Waals surface area contributed by atoms with Crippen molar-refractivity contribution in [2.75, 3.05) is 43.6 Å². The number of morpholine rings is 1. The van der Waals surface area contributed by atoms with Crippen molar-refractivity contribution in [2.45, 2.75) is 17.0 Å². The Morgan fingerprint density at radius 1 is 1.20 bits per heavy atom. The molecule has 3 N–H and O–H groups in total. The Morgan fingerprint density at radius 2 is 2.05 bits per heavy atom. The van der Waals surface area contributed by atoms with Gasteiger partial charge in [0.15, 0.2) is 17.1 Å². The third-order valence-corrected chi connectivity index (χ3v) is 7.34. The molecule has 40 heavy (non-hydrogen) atoms. The average Bonchev–Trinajstić information content (AvgIpc) is 3.60. The van der Waals surface area contributed by atoms with E-state index in [2.05, 4.69) is 30.6 Å². The monoisotopic (exact) mass is 562 g/mol. The minimum absolute atomic E-state index is 0.197. The van der Waals surface area contributed by atoms with Crippen LogP contribution in [0.5, 0.6) is 5.75 Å². The number of halogens is 1. The number of H-pyrrole nitrogens is 2. The largest absolute Gasteiger partial charge is 0.487 e. The summed E-state index contributed by atoms with van der Waals surface area (Å²) < 4.78 is 32.5. The number of para-hydroxylation sites is 1. The number of hydrogen-bond acceptors (Lipinski definition) is 10. The van der Waals surface area contributed by atoms with Crippen molar-refractivity contribution in [3.63, 3.8) is 0 Å². The lowest BCUT2D eigenvalue weighted by molar-refractivity contribution is -0.421. The first-order valence-electron chi connectivity index (χ1n) is 12.5. The third kappa shape index (κ3) is 5.08. The number of fused-ring (bicyclic) bond motifs is 1. The van der Waals surface area contributed by atoms with Crippen molar-refractivity contribution in [3.05, 3.63) is 64.9 Å². The normalized spacial score (nSPS) is 13.5. The molecule has 0 atom stereocenters. The molecule has 1 fully saturated rings. The fraction of sp³-hybridized carbons (Fsp3) is 0.222. The number of anilines is 3. The zero-order chi connectivity index (χ0) is 27.6. The Kier molecular flexibility index (Phi) is 7.05. The lowest BCUT2D eigenvalue weighted by Crippen LogP contribution is -2.40. The molecule has 204 valence electrons. The molecule has 0 bridgehead atoms. The first kappa shape index (κ1) is 25.8. The zero-order valence-electron chi connectivity index (χ0n) is 21.7. The van der Waals surface area contributed by atoms with E-state index >= 15 is 4.39 Å². The quantitative estimate of drug-likeness (QED) is 0.183. The van der Waals surface area contributed by atoms with Crippen LogP contribution in [-0.4, -0.2) is 48.6 Å². The van der Waals surface area contributed by atoms with Crippen LogP contribution in [0.1, 0.15) is 5.69 Å². The van der Waals surface area contributed by atoms with E-state index < -0.39 is 5.82 Å². The Hall–Kier alpha value is -4.49. The number of nitrogens with zero attached hydrogens (tertiary/aromatic N) is 4. The summed E-state index contributed by atoms with van der Waals surface area (Å²) in [6.07, 6.45) is 0. The van der Waals surface area contributed by atoms with Gasteiger partial charge in [-0.3, -0.25) is 10.00 Å². The Morgan fingerprint density at radius 3 is 2.77 bits per heavy atom. The minimum Gasteiger partial charge on any atom is -0.487 e. The highest BCUT2D eigenvalue weighted by molar-refractivity contribution is 7.99. The molecule has 0 unspecified atom stereocenters. The molecule has 1 saturated heterocycles. The molecule has 11 nitrogen and oxygen atoms in total. The predicted octanol–water partition coefficient (Wildman–Crippen LogP) is 5.62. The van der Waals surface area contributed by atoms with Gasteiger partial charge in [-0.05, 0) is 54.2 Å². The van der Waals surface area contributed by atoms with Gasteiger partial charge in [0.2, 0.25) is 0 Å². The SMILES string of the molecule is COc1c(Nc2cc(C)[nH]n2)nc(Sc2ccc(-c3cc4cccc(N=O)c4o3)cc2F)[nH+]c1N1CCOCC1. The summed E-state index contributed by atoms with van der Waals surface area (Å²) in [6.45, 7) is 4.36. The summed E-state index contributed by atoms with van der Waals surface area (Å²) in [7, 11) is 1.58. The second-order valence-corrected chi connectivity index (χ2v) is 10.1. The fourth-order valence-electron chi connectivity index (χ4n) is 4.49. The van der Waals surface area contributed by atoms with Crippen LogP contribution < -0.4 is 19.9 Å². The molecule has 6 rings (SSSR count). The number of aryl methyl sites for hydroxylation is 1. The predicted molar refractivity (Wildman–Crippen MR) is 148 cm³/mol. The van der Waals surface area contributed by atoms with Crippen molar-refractivity contribution in [1.82, 2.24) is 15.2 Å². The number of aromatic nitrogens is 4. The van der Waals surface area contributed by atoms with E-state index in [-0.39, 0.29) is 5.69 Å². The molecule has 0 aliphatic carbocycles. The van der Waals surface area contributed by atoms with Crippen LogP contribution in [0.4, 0.5) is 27.5 Å². The minimum atomic E-state index is -0.451. The van der Waals surface area contributed by atoms with Gasteiger partial charge < -0.3 is 19.2 Å². The van der Waals surface area contributed by atoms with Gasteiger partial charge in [0.1, 0.15) is 11.6 Å². The summed E-state index contributed by atoms with van der Waals surface area (Å²) in [5, 5.41) is 14.5. The molecule has 0 radical (unpaired) electrons. The maximum atomic E-state index is 15.4. The zero-order valence-corrected chi connectivity index (χ0v) is 22.5. The van der Waals surface area contributed by atoms with Gasteiger partial charge in [-0.2, -0.15) is 5.10 Å². The van der Waals surface area contributed by atoms with Crippen molar-refractivity contribution in [3.8, 4) is 17.1 Å². The molecular weight excluding hydrogens is 537 g/mol. The third-order valence-electron chi connectivity index (χ3n) is 6.40. The second kappa shape index (κ2) is 10.9. The summed E-state index contributed by atoms with van der Waals surface area (Å²) in [5.74, 6) is 2.22. The number of rotatable bonds is 8. The lowest BCUT2D eigenvalue weighted by atomic mass is 10.1. The molecule has 0 amide bonds. The van der Waals surface area contributed by atoms with E-state index in [1.165, 1.54) is 6.07 Å². The highest BCUT2D eigenvalue weighted by atomic mass is 32.2. The summed E-state index contributed by atoms with van der Waals surface area (Å²) in [4.78, 5) is 21.6. The van der Waals surface area contributed by atoms with Crippen LogP contribution in [0.25, 0.3) is 22.3 Å². The Bertz CT molecular complexity index is 1700. The van der Waals surface area contributed by atoms with Crippen LogP contribution >= 0.6 is 11.8 Å². The van der Waals surface area contributed by atoms with E-state index in [4.69, 9.17) is 18.9 Å². The number of ether oxygens (including phenoxy) is 2. The molecule has 5 aromatic rings. The second-order valence-electron chi connectivity index (χ2n) is 9.08. The number of methoxy groups -OCH3 is 1. The molecule has 3 aromatic heterocycles. The van der Waals surface area contributed by atoms with Crippen molar-refractivity contribution < 1.29 is 23.3 Å². The van der Waals surface area contributed by atoms with Gasteiger partial charge >= 0.3 is 5.16 Å². The number of benzene rings is 2. The van der Waals surface area contributed by atoms with Crippen molar-refractivity contribution in [1.29, 1.82) is 0 Å². The number of nitroso groups, excluding NO2 is 1. The standard InChI is InChI=1S/C27H24FN7O4S/c1-15-12-22(33-32-15)29-25-24(37-2)26(35-8-10-38-11-9-35)31-27(30-25)40-21-7-6-16(13-18(21)28)20-14-17-4-3-5-19(34-36)23(17)39-20/h3-7,12-14H,8-11H2,1-2H3,(H2,29,30,31,32,33)/p+1. The van der Waals surface area contributed by atoms with Gasteiger partial charge in [0.25, 0.3) is 17.4 Å². The average molecular weight is 563 g/mol. The van der Waals surface area contributed by atoms with E-state index in [0.717, 1.165) is 17.5 Å². The number of nitrogens with one attached hydrogen (secondary N) is 3. The molecule has 13 heteroatoms. The van der Waals surface area contributed by atoms with Crippen LogP contribution in [0.2, 0.25) is 0 Å². The number of hydrogen-bond donors (Lipinski definition) is 2. The first-order valence-corrected chi connectivity index (χ1v) is 13.3. The number of furan rings is 1. The van der Waals surface area contributed by atoms with Gasteiger partial charge in [-0.1, -0.05) is 17.1 Å². The van der Waals surface area contributed by atoms with Crippen LogP contribution in [0, 0.1) is 17.6 Å². The smallest absolute Gasteiger partial charge is 0.303 e. The maximum Gasteiger partial charge on any atom is 0.303 e. The lowest BCUT2D eigenvalue weighted by Gasteiger charge is -2.25. The van der Waals surface area contributed by atoms with Gasteiger partial charge in [-0.15, -0.1) is 4.91 Å². The van der Waals surface area contributed by atoms with Crippen molar-refractivity contribution >= 4 is 45.9 Å². The van der Waals surface area contributed by atoms with Gasteiger partial charge in [0, 0.05) is 22.7 Å². The molecule has 1 aliphatic rings. The highest BCUT2D eigenvalue weighted by Gasteiger charge is 2.29. The van der Waals surface area contributed by atoms with E-state index in [1.54, 1.807) is 37.4 Å². The van der Waals surface area contributed by atoms with Gasteiger partial charge in [0.05, 0.1) is 38.3 Å². The van der Waals surface area contributed by atoms with Crippen LogP contribution in [0.15, 0.2) is 68.2 Å². The maximum absolute atomic E-state index is 15.4. The topological polar surface area (TPSA) is 132 Å². The molecule has 2 aromatic carbocycles.